The molecule has 0 unspecified atom stereocenters. The van der Waals surface area contributed by atoms with Crippen molar-refractivity contribution >= 4 is 33.9 Å². The van der Waals surface area contributed by atoms with Crippen molar-refractivity contribution in [3.05, 3.63) is 12.2 Å². The Hall–Kier alpha value is 0.210. The van der Waals surface area contributed by atoms with Crippen molar-refractivity contribution in [2.45, 2.75) is 100 Å². The average Bonchev–Trinajstić information content (AvgIpc) is 2.56. The fraction of sp³-hybridized carbons (Fsp3) is 0.850. The molecular formula is C20H37NaO2. The molecule has 0 rings (SSSR count). The molecule has 23 heavy (non-hydrogen) atoms. The Kier molecular flexibility index (Phi) is 20.4. The molecule has 3 heteroatoms. The molecule has 0 fully saturated rings. The van der Waals surface area contributed by atoms with Gasteiger partial charge >= 0.3 is 105 Å². The van der Waals surface area contributed by atoms with Crippen LogP contribution in [-0.2, 0) is 9.53 Å². The summed E-state index contributed by atoms with van der Waals surface area (Å²) >= 11 is 1.12. The number of ether oxygens (including phenoxy) is 1. The average molecular weight is 333 g/mol. The third kappa shape index (κ3) is 20.2. The molecule has 0 saturated heterocycles. The van der Waals surface area contributed by atoms with Gasteiger partial charge in [0, 0.05) is 0 Å². The van der Waals surface area contributed by atoms with Crippen LogP contribution in [0, 0.1) is 0 Å². The first-order valence-corrected chi connectivity index (χ1v) is 11.5. The Morgan fingerprint density at radius 2 is 1.35 bits per heavy atom. The Morgan fingerprint density at radius 1 is 0.826 bits per heavy atom. The molecule has 0 atom stereocenters. The van der Waals surface area contributed by atoms with Gasteiger partial charge in [0.05, 0.1) is 0 Å². The number of carbonyl (C=O) groups is 1. The zero-order valence-electron chi connectivity index (χ0n) is 15.8. The van der Waals surface area contributed by atoms with Gasteiger partial charge in [-0.15, -0.1) is 0 Å². The van der Waals surface area contributed by atoms with Crippen LogP contribution in [0.3, 0.4) is 0 Å². The third-order valence-electron chi connectivity index (χ3n) is 4.11. The first-order chi connectivity index (χ1) is 11.3. The van der Waals surface area contributed by atoms with Crippen LogP contribution in [0.25, 0.3) is 0 Å². The minimum atomic E-state index is -0.00141. The predicted molar refractivity (Wildman–Crippen MR) is 101 cm³/mol. The number of unbranched alkanes of at least 4 members (excludes halogenated alkanes) is 11. The van der Waals surface area contributed by atoms with E-state index in [1.54, 1.807) is 0 Å². The number of esters is 1. The van der Waals surface area contributed by atoms with Crippen molar-refractivity contribution in [2.24, 2.45) is 0 Å². The Bertz CT molecular complexity index is 277. The summed E-state index contributed by atoms with van der Waals surface area (Å²) in [6.07, 6.45) is 22.1. The van der Waals surface area contributed by atoms with Crippen LogP contribution in [0.1, 0.15) is 96.8 Å². The second kappa shape index (κ2) is 20.3. The van der Waals surface area contributed by atoms with Crippen molar-refractivity contribution in [3.63, 3.8) is 0 Å². The molecule has 130 valence electrons. The SMILES string of the molecule is CCCCCCCC/C=C\CCCCCCCC(=O)OC[CH2][Na]. The number of rotatable bonds is 17. The van der Waals surface area contributed by atoms with Crippen molar-refractivity contribution in [1.82, 2.24) is 0 Å². The van der Waals surface area contributed by atoms with Crippen molar-refractivity contribution < 1.29 is 9.53 Å². The normalized spacial score (nSPS) is 11.3. The molecule has 0 aromatic rings. The first kappa shape index (κ1) is 23.2. The van der Waals surface area contributed by atoms with Crippen molar-refractivity contribution in [1.29, 1.82) is 0 Å². The van der Waals surface area contributed by atoms with Gasteiger partial charge in [0.1, 0.15) is 0 Å². The molecule has 0 saturated carbocycles. The van der Waals surface area contributed by atoms with Crippen LogP contribution in [0.5, 0.6) is 0 Å². The fourth-order valence-electron chi connectivity index (χ4n) is 2.63. The Balaban J connectivity index is 3.14. The molecule has 0 aromatic carbocycles. The van der Waals surface area contributed by atoms with E-state index >= 15 is 0 Å². The van der Waals surface area contributed by atoms with Gasteiger partial charge in [-0.3, -0.25) is 0 Å². The molecule has 0 aromatic heterocycles. The van der Waals surface area contributed by atoms with Gasteiger partial charge in [-0.25, -0.2) is 0 Å². The maximum atomic E-state index is 11.3. The summed E-state index contributed by atoms with van der Waals surface area (Å²) in [5.74, 6) is -0.00141. The summed E-state index contributed by atoms with van der Waals surface area (Å²) in [5.41, 5.74) is 0. The quantitative estimate of drug-likeness (QED) is 0.138. The number of allylic oxidation sites excluding steroid dienone is 2. The Morgan fingerprint density at radius 3 is 1.91 bits per heavy atom. The molecule has 0 spiro atoms. The molecule has 0 heterocycles. The zero-order valence-corrected chi connectivity index (χ0v) is 17.8. The molecule has 0 aliphatic heterocycles. The molecule has 2 nitrogen and oxygen atoms in total. The van der Waals surface area contributed by atoms with E-state index in [1.807, 2.05) is 0 Å². The van der Waals surface area contributed by atoms with E-state index < -0.39 is 0 Å². The van der Waals surface area contributed by atoms with Crippen LogP contribution >= 0.6 is 0 Å². The van der Waals surface area contributed by atoms with E-state index in [4.69, 9.17) is 4.74 Å². The summed E-state index contributed by atoms with van der Waals surface area (Å²) in [7, 11) is 0. The zero-order chi connectivity index (χ0) is 17.0. The van der Waals surface area contributed by atoms with Crippen molar-refractivity contribution in [2.75, 3.05) is 6.61 Å². The van der Waals surface area contributed by atoms with Crippen molar-refractivity contribution in [3.8, 4) is 0 Å². The van der Waals surface area contributed by atoms with Gasteiger partial charge in [0.25, 0.3) is 0 Å². The van der Waals surface area contributed by atoms with Crippen LogP contribution in [0.2, 0.25) is 3.67 Å². The molecule has 0 N–H and O–H groups in total. The van der Waals surface area contributed by atoms with E-state index in [1.165, 1.54) is 70.6 Å². The third-order valence-corrected chi connectivity index (χ3v) is 4.52. The molecule has 0 aliphatic rings. The van der Waals surface area contributed by atoms with Gasteiger partial charge < -0.3 is 0 Å². The summed E-state index contributed by atoms with van der Waals surface area (Å²) < 4.78 is 6.15. The van der Waals surface area contributed by atoms with E-state index in [0.29, 0.717) is 13.0 Å². The second-order valence-electron chi connectivity index (χ2n) is 6.55. The van der Waals surface area contributed by atoms with E-state index in [9.17, 15) is 4.79 Å². The van der Waals surface area contributed by atoms with Gasteiger partial charge in [-0.2, -0.15) is 0 Å². The molecule has 0 bridgehead atoms. The van der Waals surface area contributed by atoms with E-state index in [0.717, 1.165) is 44.4 Å². The summed E-state index contributed by atoms with van der Waals surface area (Å²) in [6.45, 7) is 2.90. The van der Waals surface area contributed by atoms with Gasteiger partial charge in [0.2, 0.25) is 0 Å². The summed E-state index contributed by atoms with van der Waals surface area (Å²) in [5, 5.41) is 0. The molecule has 0 amide bonds. The van der Waals surface area contributed by atoms with Crippen LogP contribution in [0.4, 0.5) is 0 Å². The van der Waals surface area contributed by atoms with Gasteiger partial charge in [-0.1, -0.05) is 45.1 Å². The van der Waals surface area contributed by atoms with Crippen LogP contribution < -0.4 is 0 Å². The first-order valence-electron chi connectivity index (χ1n) is 10.1. The summed E-state index contributed by atoms with van der Waals surface area (Å²) in [6, 6.07) is 0. The van der Waals surface area contributed by atoms with Crippen LogP contribution in [0.15, 0.2) is 12.2 Å². The minimum absolute atomic E-state index is 0.00141. The topological polar surface area (TPSA) is 26.3 Å². The molecular weight excluding hydrogens is 295 g/mol. The van der Waals surface area contributed by atoms with Gasteiger partial charge in [0.15, 0.2) is 0 Å². The number of hydrogen-bond donors (Lipinski definition) is 0. The monoisotopic (exact) mass is 332 g/mol. The number of carbonyl (C=O) groups excluding carboxylic acids is 1. The second-order valence-corrected chi connectivity index (χ2v) is 7.55. The van der Waals surface area contributed by atoms with E-state index in [-0.39, 0.29) is 5.97 Å². The fourth-order valence-corrected chi connectivity index (χ4v) is 2.83. The van der Waals surface area contributed by atoms with Crippen LogP contribution in [-0.4, -0.2) is 40.5 Å². The van der Waals surface area contributed by atoms with Gasteiger partial charge in [-0.05, 0) is 12.8 Å². The number of hydrogen-bond acceptors (Lipinski definition) is 2. The standard InChI is InChI=1S/C20H37O2.Na/c1-3-5-6-7-8-9-10-11-12-13-14-15-16-17-18-19-20(21)22-4-2;/h11-12H,2-10,13-19H2,1H3;/b12-11-;. The molecule has 0 aliphatic carbocycles. The van der Waals surface area contributed by atoms with E-state index in [2.05, 4.69) is 19.1 Å². The Labute approximate surface area is 162 Å². The summed E-state index contributed by atoms with van der Waals surface area (Å²) in [4.78, 5) is 11.3. The maximum absolute atomic E-state index is 11.3. The predicted octanol–water partition coefficient (Wildman–Crippen LogP) is 6.15. The molecule has 0 radical (unpaired) electrons.